The maximum absolute atomic E-state index is 12.3. The van der Waals surface area contributed by atoms with Crippen LogP contribution in [0.1, 0.15) is 5.56 Å². The molecule has 1 aliphatic carbocycles. The molecule has 1 heterocycles. The summed E-state index contributed by atoms with van der Waals surface area (Å²) in [5.74, 6) is 1.40. The van der Waals surface area contributed by atoms with Gasteiger partial charge in [-0.15, -0.1) is 0 Å². The summed E-state index contributed by atoms with van der Waals surface area (Å²) >= 11 is 0. The fourth-order valence-corrected chi connectivity index (χ4v) is 2.98. The van der Waals surface area contributed by atoms with E-state index in [1.165, 1.54) is 5.69 Å². The molecule has 3 rings (SSSR count). The van der Waals surface area contributed by atoms with Crippen LogP contribution in [-0.2, 0) is 6.42 Å². The van der Waals surface area contributed by atoms with E-state index < -0.39 is 6.67 Å². The van der Waals surface area contributed by atoms with Crippen molar-refractivity contribution in [3.63, 3.8) is 0 Å². The van der Waals surface area contributed by atoms with E-state index in [1.54, 1.807) is 0 Å². The molecule has 3 nitrogen and oxygen atoms in total. The molecular formula is C14H20FN3. The molecule has 4 atom stereocenters. The van der Waals surface area contributed by atoms with Gasteiger partial charge in [-0.05, 0) is 36.0 Å². The Morgan fingerprint density at radius 1 is 1.22 bits per heavy atom. The van der Waals surface area contributed by atoms with Crippen LogP contribution in [0.4, 0.5) is 10.1 Å². The second kappa shape index (κ2) is 4.52. The van der Waals surface area contributed by atoms with E-state index in [4.69, 9.17) is 11.5 Å². The molecule has 1 aliphatic heterocycles. The van der Waals surface area contributed by atoms with E-state index in [2.05, 4.69) is 29.2 Å². The van der Waals surface area contributed by atoms with Gasteiger partial charge < -0.3 is 16.4 Å². The number of anilines is 1. The summed E-state index contributed by atoms with van der Waals surface area (Å²) in [6.07, 6.45) is 0.604. The van der Waals surface area contributed by atoms with Gasteiger partial charge in [0.2, 0.25) is 0 Å². The summed E-state index contributed by atoms with van der Waals surface area (Å²) in [5.41, 5.74) is 13.9. The predicted octanol–water partition coefficient (Wildman–Crippen LogP) is 0.919. The van der Waals surface area contributed by atoms with Crippen LogP contribution in [-0.4, -0.2) is 31.8 Å². The minimum Gasteiger partial charge on any atom is -0.371 e. The molecule has 1 saturated carbocycles. The Kier molecular flexibility index (Phi) is 2.99. The molecule has 0 aromatic heterocycles. The smallest absolute Gasteiger partial charge is 0.105 e. The van der Waals surface area contributed by atoms with Gasteiger partial charge in [0.25, 0.3) is 0 Å². The maximum Gasteiger partial charge on any atom is 0.105 e. The lowest BCUT2D eigenvalue weighted by Gasteiger charge is -2.21. The van der Waals surface area contributed by atoms with Crippen LogP contribution >= 0.6 is 0 Å². The second-order valence-corrected chi connectivity index (χ2v) is 5.59. The number of alkyl halides is 1. The van der Waals surface area contributed by atoms with Gasteiger partial charge in [-0.3, -0.25) is 0 Å². The quantitative estimate of drug-likeness (QED) is 0.834. The molecule has 2 aliphatic rings. The fraction of sp³-hybridized carbons (Fsp3) is 0.571. The van der Waals surface area contributed by atoms with E-state index in [9.17, 15) is 4.39 Å². The number of hydrogen-bond acceptors (Lipinski definition) is 3. The molecule has 1 aromatic rings. The van der Waals surface area contributed by atoms with E-state index in [0.717, 1.165) is 18.7 Å². The molecule has 18 heavy (non-hydrogen) atoms. The number of fused-ring (bicyclic) bond motifs is 1. The average molecular weight is 249 g/mol. The number of hydrogen-bond donors (Lipinski definition) is 2. The second-order valence-electron chi connectivity index (χ2n) is 5.59. The molecule has 4 heteroatoms. The zero-order valence-electron chi connectivity index (χ0n) is 10.4. The van der Waals surface area contributed by atoms with Crippen LogP contribution in [0.3, 0.4) is 0 Å². The van der Waals surface area contributed by atoms with Crippen LogP contribution in [0.25, 0.3) is 0 Å². The lowest BCUT2D eigenvalue weighted by molar-refractivity contribution is 0.427. The lowest BCUT2D eigenvalue weighted by atomic mass is 10.1. The molecule has 4 N–H and O–H groups in total. The standard InChI is InChI=1S/C14H20FN3/c15-6-10(16)5-9-1-3-11(4-2-9)18-7-12-13(8-18)14(12)17/h1-4,10,12-14H,5-8,16-17H2/t10-,12-,13+,14+/m0/s1. The molecule has 1 aromatic carbocycles. The Morgan fingerprint density at radius 3 is 2.39 bits per heavy atom. The molecule has 2 fully saturated rings. The highest BCUT2D eigenvalue weighted by atomic mass is 19.1. The topological polar surface area (TPSA) is 55.3 Å². The molecular weight excluding hydrogens is 229 g/mol. The molecule has 0 unspecified atom stereocenters. The van der Waals surface area contributed by atoms with Gasteiger partial charge in [0.1, 0.15) is 6.67 Å². The molecule has 0 radical (unpaired) electrons. The molecule has 1 saturated heterocycles. The van der Waals surface area contributed by atoms with Gasteiger partial charge in [-0.1, -0.05) is 12.1 Å². The van der Waals surface area contributed by atoms with Crippen LogP contribution in [0.5, 0.6) is 0 Å². The highest BCUT2D eigenvalue weighted by Crippen LogP contribution is 2.45. The summed E-state index contributed by atoms with van der Waals surface area (Å²) in [6, 6.07) is 8.37. The molecule has 0 amide bonds. The first-order chi connectivity index (χ1) is 8.69. The van der Waals surface area contributed by atoms with Gasteiger partial charge in [-0.25, -0.2) is 4.39 Å². The van der Waals surface area contributed by atoms with Gasteiger partial charge in [0.15, 0.2) is 0 Å². The number of nitrogens with two attached hydrogens (primary N) is 2. The first-order valence-electron chi connectivity index (χ1n) is 6.60. The van der Waals surface area contributed by atoms with E-state index in [-0.39, 0.29) is 6.04 Å². The van der Waals surface area contributed by atoms with Crippen molar-refractivity contribution in [3.8, 4) is 0 Å². The lowest BCUT2D eigenvalue weighted by Crippen LogP contribution is -2.28. The maximum atomic E-state index is 12.3. The van der Waals surface area contributed by atoms with Crippen molar-refractivity contribution >= 4 is 5.69 Å². The Balaban J connectivity index is 1.61. The van der Waals surface area contributed by atoms with Gasteiger partial charge >= 0.3 is 0 Å². The molecule has 98 valence electrons. The van der Waals surface area contributed by atoms with Crippen LogP contribution < -0.4 is 16.4 Å². The van der Waals surface area contributed by atoms with Gasteiger partial charge in [-0.2, -0.15) is 0 Å². The predicted molar refractivity (Wildman–Crippen MR) is 71.3 cm³/mol. The summed E-state index contributed by atoms with van der Waals surface area (Å²) in [7, 11) is 0. The number of rotatable bonds is 4. The minimum absolute atomic E-state index is 0.381. The van der Waals surface area contributed by atoms with E-state index in [0.29, 0.717) is 24.3 Å². The third kappa shape index (κ3) is 2.10. The van der Waals surface area contributed by atoms with Crippen molar-refractivity contribution in [3.05, 3.63) is 29.8 Å². The monoisotopic (exact) mass is 249 g/mol. The minimum atomic E-state index is -0.463. The zero-order chi connectivity index (χ0) is 12.7. The van der Waals surface area contributed by atoms with E-state index >= 15 is 0 Å². The van der Waals surface area contributed by atoms with Crippen LogP contribution in [0, 0.1) is 11.8 Å². The molecule has 0 bridgehead atoms. The van der Waals surface area contributed by atoms with Crippen LogP contribution in [0.2, 0.25) is 0 Å². The Labute approximate surface area is 107 Å². The van der Waals surface area contributed by atoms with Crippen molar-refractivity contribution in [2.45, 2.75) is 18.5 Å². The highest BCUT2D eigenvalue weighted by Gasteiger charge is 2.53. The van der Waals surface area contributed by atoms with Crippen molar-refractivity contribution in [1.29, 1.82) is 0 Å². The highest BCUT2D eigenvalue weighted by molar-refractivity contribution is 5.50. The number of halogens is 1. The van der Waals surface area contributed by atoms with Crippen molar-refractivity contribution in [2.24, 2.45) is 23.3 Å². The van der Waals surface area contributed by atoms with Crippen molar-refractivity contribution < 1.29 is 4.39 Å². The first-order valence-corrected chi connectivity index (χ1v) is 6.60. The Bertz CT molecular complexity index is 408. The van der Waals surface area contributed by atoms with Crippen molar-refractivity contribution in [2.75, 3.05) is 24.7 Å². The SMILES string of the molecule is N[C@H](CF)Cc1ccc(N2C[C@@H]3[C@@H](N)[C@@H]3C2)cc1. The normalized spacial score (nSPS) is 31.3. The summed E-state index contributed by atoms with van der Waals surface area (Å²) < 4.78 is 12.3. The third-order valence-electron chi connectivity index (χ3n) is 4.26. The van der Waals surface area contributed by atoms with Gasteiger partial charge in [0.05, 0.1) is 0 Å². The zero-order valence-corrected chi connectivity index (χ0v) is 10.4. The third-order valence-corrected chi connectivity index (χ3v) is 4.26. The number of piperidine rings is 1. The fourth-order valence-electron chi connectivity index (χ4n) is 2.98. The Morgan fingerprint density at radius 2 is 1.83 bits per heavy atom. The summed E-state index contributed by atoms with van der Waals surface area (Å²) in [5, 5.41) is 0. The van der Waals surface area contributed by atoms with Gasteiger partial charge in [0, 0.05) is 30.9 Å². The summed E-state index contributed by atoms with van der Waals surface area (Å²) in [6.45, 7) is 1.69. The molecule has 0 spiro atoms. The first kappa shape index (κ1) is 11.9. The number of benzene rings is 1. The number of nitrogens with zero attached hydrogens (tertiary/aromatic N) is 1. The Hall–Kier alpha value is -1.13. The van der Waals surface area contributed by atoms with Crippen LogP contribution in [0.15, 0.2) is 24.3 Å². The average Bonchev–Trinajstić information content (AvgIpc) is 2.81. The summed E-state index contributed by atoms with van der Waals surface area (Å²) in [4.78, 5) is 2.39. The van der Waals surface area contributed by atoms with E-state index in [1.807, 2.05) is 0 Å². The largest absolute Gasteiger partial charge is 0.371 e. The van der Waals surface area contributed by atoms with Crippen molar-refractivity contribution in [1.82, 2.24) is 0 Å².